The van der Waals surface area contributed by atoms with Crippen LogP contribution in [-0.4, -0.2) is 62.4 Å². The summed E-state index contributed by atoms with van der Waals surface area (Å²) >= 11 is 6.13. The summed E-state index contributed by atoms with van der Waals surface area (Å²) in [4.78, 5) is 17.9. The number of carbonyl (C=O) groups is 1. The molecule has 1 unspecified atom stereocenters. The number of hydrogen-bond acceptors (Lipinski definition) is 4. The molecule has 0 bridgehead atoms. The Hall–Kier alpha value is -1.42. The molecule has 1 aromatic carbocycles. The van der Waals surface area contributed by atoms with Gasteiger partial charge in [0.05, 0.1) is 18.7 Å². The number of ether oxygens (including phenoxy) is 2. The Morgan fingerprint density at radius 3 is 2.64 bits per heavy atom. The molecule has 1 fully saturated rings. The van der Waals surface area contributed by atoms with Crippen molar-refractivity contribution in [1.29, 1.82) is 0 Å². The van der Waals surface area contributed by atoms with Gasteiger partial charge in [0.25, 0.3) is 0 Å². The summed E-state index contributed by atoms with van der Waals surface area (Å²) in [6.45, 7) is 6.62. The maximum atomic E-state index is 11.6. The standard InChI is InChI=1S/C19H29ClN4O3.HI/c1-4-21-18(23-15-9-11-24(12-10-15)19(25)26-3)22-13-14(2)27-17-8-6-5-7-16(17)20;/h5-8,14-15H,4,9-13H2,1-3H3,(H2,21,22,23);1H. The molecule has 9 heteroatoms. The van der Waals surface area contributed by atoms with Crippen LogP contribution in [0, 0.1) is 0 Å². The van der Waals surface area contributed by atoms with E-state index in [9.17, 15) is 4.79 Å². The first-order valence-corrected chi connectivity index (χ1v) is 9.70. The highest BCUT2D eigenvalue weighted by atomic mass is 127. The van der Waals surface area contributed by atoms with Crippen molar-refractivity contribution in [2.24, 2.45) is 4.99 Å². The Kier molecular flexibility index (Phi) is 11.4. The number of hydrogen-bond donors (Lipinski definition) is 2. The molecule has 0 aromatic heterocycles. The van der Waals surface area contributed by atoms with Crippen LogP contribution >= 0.6 is 35.6 Å². The lowest BCUT2D eigenvalue weighted by Gasteiger charge is -2.32. The third-order valence-corrected chi connectivity index (χ3v) is 4.60. The number of amides is 1. The third kappa shape index (κ3) is 7.90. The Labute approximate surface area is 189 Å². The molecule has 7 nitrogen and oxygen atoms in total. The lowest BCUT2D eigenvalue weighted by atomic mass is 10.1. The van der Waals surface area contributed by atoms with Crippen molar-refractivity contribution >= 4 is 47.6 Å². The number of aliphatic imine (C=N–C) groups is 1. The molecule has 2 rings (SSSR count). The fourth-order valence-corrected chi connectivity index (χ4v) is 3.04. The van der Waals surface area contributed by atoms with Gasteiger partial charge in [-0.25, -0.2) is 9.79 Å². The number of guanidine groups is 1. The van der Waals surface area contributed by atoms with Crippen molar-refractivity contribution in [1.82, 2.24) is 15.5 Å². The molecule has 1 aliphatic rings. The number of rotatable bonds is 6. The molecule has 0 radical (unpaired) electrons. The summed E-state index contributed by atoms with van der Waals surface area (Å²) < 4.78 is 10.6. The quantitative estimate of drug-likeness (QED) is 0.338. The molecule has 1 atom stereocenters. The number of piperidine rings is 1. The van der Waals surface area contributed by atoms with Crippen molar-refractivity contribution in [2.75, 3.05) is 33.3 Å². The van der Waals surface area contributed by atoms with Gasteiger partial charge in [0.1, 0.15) is 11.9 Å². The molecule has 0 spiro atoms. The molecule has 0 saturated carbocycles. The highest BCUT2D eigenvalue weighted by Crippen LogP contribution is 2.24. The second-order valence-electron chi connectivity index (χ2n) is 6.45. The van der Waals surface area contributed by atoms with Crippen LogP contribution in [0.1, 0.15) is 26.7 Å². The van der Waals surface area contributed by atoms with Gasteiger partial charge < -0.3 is 25.0 Å². The SMILES string of the molecule is CCNC(=NCC(C)Oc1ccccc1Cl)NC1CCN(C(=O)OC)CC1.I. The first-order valence-electron chi connectivity index (χ1n) is 9.32. The third-order valence-electron chi connectivity index (χ3n) is 4.28. The number of nitrogens with zero attached hydrogens (tertiary/aromatic N) is 2. The minimum atomic E-state index is -0.264. The van der Waals surface area contributed by atoms with Gasteiger partial charge in [0, 0.05) is 25.7 Å². The molecule has 2 N–H and O–H groups in total. The average molecular weight is 525 g/mol. The number of carbonyl (C=O) groups excluding carboxylic acids is 1. The Morgan fingerprint density at radius 1 is 1.36 bits per heavy atom. The highest BCUT2D eigenvalue weighted by molar-refractivity contribution is 14.0. The van der Waals surface area contributed by atoms with Gasteiger partial charge in [0.15, 0.2) is 5.96 Å². The van der Waals surface area contributed by atoms with Crippen molar-refractivity contribution in [3.05, 3.63) is 29.3 Å². The van der Waals surface area contributed by atoms with E-state index in [2.05, 4.69) is 15.6 Å². The van der Waals surface area contributed by atoms with Crippen molar-refractivity contribution < 1.29 is 14.3 Å². The van der Waals surface area contributed by atoms with E-state index in [4.69, 9.17) is 21.1 Å². The number of methoxy groups -OCH3 is 1. The van der Waals surface area contributed by atoms with E-state index in [-0.39, 0.29) is 42.2 Å². The number of para-hydroxylation sites is 1. The normalized spacial score (nSPS) is 16.0. The van der Waals surface area contributed by atoms with Crippen LogP contribution in [-0.2, 0) is 4.74 Å². The zero-order chi connectivity index (χ0) is 19.6. The van der Waals surface area contributed by atoms with Crippen molar-refractivity contribution in [3.8, 4) is 5.75 Å². The van der Waals surface area contributed by atoms with Crippen LogP contribution in [0.2, 0.25) is 5.02 Å². The monoisotopic (exact) mass is 524 g/mol. The zero-order valence-electron chi connectivity index (χ0n) is 16.6. The second-order valence-corrected chi connectivity index (χ2v) is 6.86. The van der Waals surface area contributed by atoms with E-state index in [0.29, 0.717) is 30.4 Å². The summed E-state index contributed by atoms with van der Waals surface area (Å²) in [5.74, 6) is 1.42. The fourth-order valence-electron chi connectivity index (χ4n) is 2.86. The predicted octanol–water partition coefficient (Wildman–Crippen LogP) is 3.51. The molecule has 28 heavy (non-hydrogen) atoms. The molecule has 1 aliphatic heterocycles. The lowest BCUT2D eigenvalue weighted by molar-refractivity contribution is 0.111. The minimum Gasteiger partial charge on any atom is -0.487 e. The summed E-state index contributed by atoms with van der Waals surface area (Å²) in [5, 5.41) is 7.29. The van der Waals surface area contributed by atoms with Crippen LogP contribution in [0.4, 0.5) is 4.79 Å². The van der Waals surface area contributed by atoms with Gasteiger partial charge in [-0.2, -0.15) is 0 Å². The summed E-state index contributed by atoms with van der Waals surface area (Å²) in [6, 6.07) is 7.68. The fraction of sp³-hybridized carbons (Fsp3) is 0.579. The summed E-state index contributed by atoms with van der Waals surface area (Å²) in [7, 11) is 1.41. The molecule has 1 aromatic rings. The number of nitrogens with one attached hydrogen (secondary N) is 2. The van der Waals surface area contributed by atoms with E-state index < -0.39 is 0 Å². The molecule has 1 heterocycles. The van der Waals surface area contributed by atoms with E-state index in [0.717, 1.165) is 25.3 Å². The second kappa shape index (κ2) is 12.9. The minimum absolute atomic E-state index is 0. The van der Waals surface area contributed by atoms with E-state index in [1.807, 2.05) is 32.0 Å². The van der Waals surface area contributed by atoms with E-state index >= 15 is 0 Å². The van der Waals surface area contributed by atoms with Crippen molar-refractivity contribution in [3.63, 3.8) is 0 Å². The number of halogens is 2. The van der Waals surface area contributed by atoms with Gasteiger partial charge in [-0.3, -0.25) is 0 Å². The van der Waals surface area contributed by atoms with E-state index in [1.165, 1.54) is 7.11 Å². The Bertz CT molecular complexity index is 639. The van der Waals surface area contributed by atoms with Crippen LogP contribution in [0.15, 0.2) is 29.3 Å². The molecule has 158 valence electrons. The molecule has 1 amide bonds. The lowest BCUT2D eigenvalue weighted by Crippen LogP contribution is -2.50. The topological polar surface area (TPSA) is 75.2 Å². The van der Waals surface area contributed by atoms with Gasteiger partial charge in [-0.15, -0.1) is 24.0 Å². The van der Waals surface area contributed by atoms with Gasteiger partial charge >= 0.3 is 6.09 Å². The van der Waals surface area contributed by atoms with Crippen LogP contribution in [0.3, 0.4) is 0 Å². The van der Waals surface area contributed by atoms with Gasteiger partial charge in [0.2, 0.25) is 0 Å². The van der Waals surface area contributed by atoms with E-state index in [1.54, 1.807) is 11.0 Å². The maximum Gasteiger partial charge on any atom is 0.409 e. The first-order chi connectivity index (χ1) is 13.0. The average Bonchev–Trinajstić information content (AvgIpc) is 2.68. The predicted molar refractivity (Wildman–Crippen MR) is 123 cm³/mol. The number of likely N-dealkylation sites (tertiary alicyclic amines) is 1. The van der Waals surface area contributed by atoms with Gasteiger partial charge in [-0.1, -0.05) is 23.7 Å². The van der Waals surface area contributed by atoms with Crippen LogP contribution < -0.4 is 15.4 Å². The molecule has 1 saturated heterocycles. The smallest absolute Gasteiger partial charge is 0.409 e. The summed E-state index contributed by atoms with van der Waals surface area (Å²) in [5.41, 5.74) is 0. The summed E-state index contributed by atoms with van der Waals surface area (Å²) in [6.07, 6.45) is 1.33. The zero-order valence-corrected chi connectivity index (χ0v) is 19.7. The Balaban J connectivity index is 0.00000392. The van der Waals surface area contributed by atoms with Gasteiger partial charge in [-0.05, 0) is 38.8 Å². The van der Waals surface area contributed by atoms with Crippen molar-refractivity contribution in [2.45, 2.75) is 38.8 Å². The van der Waals surface area contributed by atoms with Crippen LogP contribution in [0.25, 0.3) is 0 Å². The molecule has 0 aliphatic carbocycles. The Morgan fingerprint density at radius 2 is 2.04 bits per heavy atom. The first kappa shape index (κ1) is 24.6. The maximum absolute atomic E-state index is 11.6. The van der Waals surface area contributed by atoms with Crippen LogP contribution in [0.5, 0.6) is 5.75 Å². The molecular formula is C19H30ClIN4O3. The number of benzene rings is 1. The molecular weight excluding hydrogens is 495 g/mol. The largest absolute Gasteiger partial charge is 0.487 e. The highest BCUT2D eigenvalue weighted by Gasteiger charge is 2.23.